The lowest BCUT2D eigenvalue weighted by atomic mass is 9.90. The van der Waals surface area contributed by atoms with Crippen molar-refractivity contribution in [3.63, 3.8) is 0 Å². The van der Waals surface area contributed by atoms with Gasteiger partial charge in [-0.15, -0.1) is 0 Å². The molecule has 1 saturated heterocycles. The van der Waals surface area contributed by atoms with Crippen molar-refractivity contribution in [1.29, 1.82) is 5.26 Å². The van der Waals surface area contributed by atoms with E-state index in [9.17, 15) is 9.50 Å². The average molecular weight is 547 g/mol. The Morgan fingerprint density at radius 2 is 1.79 bits per heavy atom. The molecule has 6 heteroatoms. The van der Waals surface area contributed by atoms with Crippen LogP contribution in [-0.4, -0.2) is 35.8 Å². The first-order chi connectivity index (χ1) is 19.0. The Bertz CT molecular complexity index is 1330. The van der Waals surface area contributed by atoms with Crippen LogP contribution in [0.3, 0.4) is 0 Å². The molecule has 1 aliphatic heterocycles. The highest BCUT2D eigenvalue weighted by Gasteiger charge is 2.27. The first-order valence-corrected chi connectivity index (χ1v) is 14.5. The zero-order chi connectivity index (χ0) is 27.2. The number of fused-ring (bicyclic) bond motifs is 1. The van der Waals surface area contributed by atoms with E-state index >= 15 is 0 Å². The van der Waals surface area contributed by atoms with Crippen molar-refractivity contribution in [2.45, 2.75) is 69.9 Å². The van der Waals surface area contributed by atoms with Gasteiger partial charge in [-0.3, -0.25) is 4.90 Å². The maximum atomic E-state index is 14.6. The fraction of sp³-hybridized carbons (Fsp3) is 0.424. The number of hydrogen-bond acceptors (Lipinski definition) is 4. The van der Waals surface area contributed by atoms with Gasteiger partial charge in [0.2, 0.25) is 0 Å². The van der Waals surface area contributed by atoms with Gasteiger partial charge in [-0.05, 0) is 91.3 Å². The Hall–Kier alpha value is -2.91. The quantitative estimate of drug-likeness (QED) is 0.268. The summed E-state index contributed by atoms with van der Waals surface area (Å²) in [7, 11) is 0. The normalized spacial score (nSPS) is 17.6. The van der Waals surface area contributed by atoms with E-state index in [1.165, 1.54) is 17.2 Å². The lowest BCUT2D eigenvalue weighted by Crippen LogP contribution is -2.35. The molecule has 0 saturated carbocycles. The molecule has 1 N–H and O–H groups in total. The SMILES string of the molecule is N#CCCCCOc1cc(C[C@H]2CCc3c(-c4ccccc4F)cccc32)c(Cl)cc1CN1CCC(O)CC1. The monoisotopic (exact) mass is 546 g/mol. The van der Waals surface area contributed by atoms with Crippen LogP contribution in [0.2, 0.25) is 5.02 Å². The molecule has 0 aromatic heterocycles. The second kappa shape index (κ2) is 13.0. The summed E-state index contributed by atoms with van der Waals surface area (Å²) in [5.74, 6) is 0.977. The van der Waals surface area contributed by atoms with Crippen molar-refractivity contribution < 1.29 is 14.2 Å². The van der Waals surface area contributed by atoms with Crippen LogP contribution in [0.25, 0.3) is 11.1 Å². The number of aliphatic hydroxyl groups excluding tert-OH is 1. The lowest BCUT2D eigenvalue weighted by Gasteiger charge is -2.30. The molecule has 4 nitrogen and oxygen atoms in total. The highest BCUT2D eigenvalue weighted by molar-refractivity contribution is 6.31. The third kappa shape index (κ3) is 6.64. The number of unbranched alkanes of at least 4 members (excludes halogenated alkanes) is 2. The molecule has 2 aliphatic rings. The molecule has 0 spiro atoms. The number of nitrogens with zero attached hydrogens (tertiary/aromatic N) is 2. The molecule has 204 valence electrons. The number of likely N-dealkylation sites (tertiary alicyclic amines) is 1. The highest BCUT2D eigenvalue weighted by atomic mass is 35.5. The zero-order valence-corrected chi connectivity index (χ0v) is 23.1. The summed E-state index contributed by atoms with van der Waals surface area (Å²) in [6.07, 6.45) is 6.26. The van der Waals surface area contributed by atoms with Crippen molar-refractivity contribution in [1.82, 2.24) is 4.90 Å². The summed E-state index contributed by atoms with van der Waals surface area (Å²) < 4.78 is 20.9. The van der Waals surface area contributed by atoms with Crippen molar-refractivity contribution >= 4 is 11.6 Å². The molecular formula is C33H36ClFN2O2. The summed E-state index contributed by atoms with van der Waals surface area (Å²) >= 11 is 6.90. The molecule has 3 aromatic carbocycles. The minimum absolute atomic E-state index is 0.187. The van der Waals surface area contributed by atoms with E-state index < -0.39 is 0 Å². The Labute approximate surface area is 236 Å². The van der Waals surface area contributed by atoms with Gasteiger partial charge in [0.25, 0.3) is 0 Å². The second-order valence-corrected chi connectivity index (χ2v) is 11.2. The molecule has 0 unspecified atom stereocenters. The van der Waals surface area contributed by atoms with Crippen LogP contribution in [0.5, 0.6) is 5.75 Å². The molecule has 0 radical (unpaired) electrons. The highest BCUT2D eigenvalue weighted by Crippen LogP contribution is 2.42. The maximum Gasteiger partial charge on any atom is 0.131 e. The largest absolute Gasteiger partial charge is 0.493 e. The number of piperidine rings is 1. The predicted molar refractivity (Wildman–Crippen MR) is 154 cm³/mol. The molecule has 0 bridgehead atoms. The summed E-state index contributed by atoms with van der Waals surface area (Å²) in [5.41, 5.74) is 6.30. The number of ether oxygens (including phenoxy) is 1. The topological polar surface area (TPSA) is 56.5 Å². The van der Waals surface area contributed by atoms with Crippen LogP contribution in [0, 0.1) is 17.1 Å². The van der Waals surface area contributed by atoms with Gasteiger partial charge in [-0.1, -0.05) is 48.0 Å². The zero-order valence-electron chi connectivity index (χ0n) is 22.3. The first kappa shape index (κ1) is 27.6. The van der Waals surface area contributed by atoms with Gasteiger partial charge in [0, 0.05) is 42.2 Å². The molecule has 39 heavy (non-hydrogen) atoms. The molecule has 0 amide bonds. The van der Waals surface area contributed by atoms with E-state index in [0.717, 1.165) is 92.0 Å². The Morgan fingerprint density at radius 3 is 2.59 bits per heavy atom. The Kier molecular flexibility index (Phi) is 9.19. The molecule has 1 aliphatic carbocycles. The number of rotatable bonds is 10. The van der Waals surface area contributed by atoms with Crippen LogP contribution in [-0.2, 0) is 19.4 Å². The number of nitriles is 1. The minimum Gasteiger partial charge on any atom is -0.493 e. The van der Waals surface area contributed by atoms with E-state index in [4.69, 9.17) is 21.6 Å². The fourth-order valence-electron chi connectivity index (χ4n) is 6.01. The van der Waals surface area contributed by atoms with E-state index in [2.05, 4.69) is 29.2 Å². The van der Waals surface area contributed by atoms with Gasteiger partial charge in [0.15, 0.2) is 0 Å². The summed E-state index contributed by atoms with van der Waals surface area (Å²) in [6.45, 7) is 3.00. The maximum absolute atomic E-state index is 14.6. The van der Waals surface area contributed by atoms with Gasteiger partial charge in [0.05, 0.1) is 18.8 Å². The number of halogens is 2. The third-order valence-corrected chi connectivity index (χ3v) is 8.50. The van der Waals surface area contributed by atoms with E-state index in [1.54, 1.807) is 6.07 Å². The van der Waals surface area contributed by atoms with E-state index in [0.29, 0.717) is 24.5 Å². The summed E-state index contributed by atoms with van der Waals surface area (Å²) in [6, 6.07) is 19.6. The van der Waals surface area contributed by atoms with Crippen molar-refractivity contribution in [2.24, 2.45) is 0 Å². The van der Waals surface area contributed by atoms with Crippen LogP contribution >= 0.6 is 11.6 Å². The predicted octanol–water partition coefficient (Wildman–Crippen LogP) is 7.45. The van der Waals surface area contributed by atoms with Crippen LogP contribution in [0.4, 0.5) is 4.39 Å². The molecule has 3 aromatic rings. The van der Waals surface area contributed by atoms with Gasteiger partial charge in [0.1, 0.15) is 11.6 Å². The average Bonchev–Trinajstić information content (AvgIpc) is 3.35. The number of hydrogen-bond donors (Lipinski definition) is 1. The second-order valence-electron chi connectivity index (χ2n) is 10.8. The number of aliphatic hydroxyl groups is 1. The summed E-state index contributed by atoms with van der Waals surface area (Å²) in [5, 5.41) is 19.5. The summed E-state index contributed by atoms with van der Waals surface area (Å²) in [4.78, 5) is 2.35. The van der Waals surface area contributed by atoms with Gasteiger partial charge in [-0.2, -0.15) is 5.26 Å². The minimum atomic E-state index is -0.212. The van der Waals surface area contributed by atoms with Crippen LogP contribution in [0.1, 0.15) is 66.7 Å². The van der Waals surface area contributed by atoms with Crippen LogP contribution in [0.15, 0.2) is 54.6 Å². The first-order valence-electron chi connectivity index (χ1n) is 14.1. The van der Waals surface area contributed by atoms with E-state index in [1.807, 2.05) is 24.3 Å². The Balaban J connectivity index is 1.37. The van der Waals surface area contributed by atoms with Gasteiger partial charge >= 0.3 is 0 Å². The number of benzene rings is 3. The molecule has 1 fully saturated rings. The van der Waals surface area contributed by atoms with Gasteiger partial charge in [-0.25, -0.2) is 4.39 Å². The smallest absolute Gasteiger partial charge is 0.131 e. The van der Waals surface area contributed by atoms with Crippen molar-refractivity contribution in [2.75, 3.05) is 19.7 Å². The lowest BCUT2D eigenvalue weighted by molar-refractivity contribution is 0.0787. The molecular weight excluding hydrogens is 511 g/mol. The molecule has 5 rings (SSSR count). The van der Waals surface area contributed by atoms with Gasteiger partial charge < -0.3 is 9.84 Å². The molecule has 1 atom stereocenters. The van der Waals surface area contributed by atoms with Crippen LogP contribution < -0.4 is 4.74 Å². The van der Waals surface area contributed by atoms with Crippen molar-refractivity contribution in [3.05, 3.63) is 87.7 Å². The molecule has 1 heterocycles. The van der Waals surface area contributed by atoms with Crippen molar-refractivity contribution in [3.8, 4) is 22.9 Å². The standard InChI is InChI=1S/C33H36ClFN2O2/c34-31-20-25(22-37-16-13-26(38)14-17-37)33(39-18-5-1-4-15-36)21-24(31)19-23-11-12-29-27(23)8-6-9-28(29)30-7-2-3-10-32(30)35/h2-3,6-10,20-21,23,26,38H,1,4-5,11-14,16-19,22H2/t23-/m1/s1. The fourth-order valence-corrected chi connectivity index (χ4v) is 6.27. The van der Waals surface area contributed by atoms with E-state index in [-0.39, 0.29) is 11.9 Å². The Morgan fingerprint density at radius 1 is 1.00 bits per heavy atom. The third-order valence-electron chi connectivity index (χ3n) is 8.15.